The summed E-state index contributed by atoms with van der Waals surface area (Å²) in [6.45, 7) is 0. The molecule has 2 aromatic heterocycles. The number of nitrogens with zero attached hydrogens (tertiary/aromatic N) is 2. The van der Waals surface area contributed by atoms with Gasteiger partial charge >= 0.3 is 0 Å². The Labute approximate surface area is 201 Å². The molecule has 0 saturated carbocycles. The summed E-state index contributed by atoms with van der Waals surface area (Å²) in [7, 11) is 0. The first-order valence-electron chi connectivity index (χ1n) is 9.97. The third-order valence-corrected chi connectivity index (χ3v) is 4.69. The summed E-state index contributed by atoms with van der Waals surface area (Å²) in [5, 5.41) is 0. The van der Waals surface area contributed by atoms with E-state index in [4.69, 9.17) is 0 Å². The molecule has 0 bridgehead atoms. The number of carbonyl (C=O) groups excluding carboxylic acids is 1. The van der Waals surface area contributed by atoms with Crippen molar-refractivity contribution in [2.45, 2.75) is 0 Å². The maximum absolute atomic E-state index is 12.1. The Bertz CT molecular complexity index is 1170. The van der Waals surface area contributed by atoms with Crippen LogP contribution in [-0.2, 0) is 20.1 Å². The largest absolute Gasteiger partial charge is 0.661 e. The van der Waals surface area contributed by atoms with Gasteiger partial charge in [0.05, 0.1) is 0 Å². The number of carbonyl (C=O) groups is 1. The van der Waals surface area contributed by atoms with E-state index in [1.807, 2.05) is 84.9 Å². The molecule has 2 heterocycles. The molecule has 0 saturated heterocycles. The van der Waals surface area contributed by atoms with Gasteiger partial charge in [-0.2, -0.15) is 6.20 Å². The quantitative estimate of drug-likeness (QED) is 0.188. The summed E-state index contributed by atoms with van der Waals surface area (Å²) in [6, 6.07) is 38.0. The molecule has 0 N–H and O–H groups in total. The fraction of sp³-hybridized carbons (Fsp3) is 0. The van der Waals surface area contributed by atoms with E-state index in [1.165, 1.54) is 0 Å². The predicted molar refractivity (Wildman–Crippen MR) is 124 cm³/mol. The molecule has 0 aliphatic heterocycles. The van der Waals surface area contributed by atoms with Gasteiger partial charge in [-0.1, -0.05) is 84.6 Å². The summed E-state index contributed by atoms with van der Waals surface area (Å²) >= 11 is 0. The van der Waals surface area contributed by atoms with E-state index in [0.29, 0.717) is 11.3 Å². The van der Waals surface area contributed by atoms with E-state index in [1.54, 1.807) is 24.5 Å². The van der Waals surface area contributed by atoms with Crippen molar-refractivity contribution < 1.29 is 24.9 Å². The third kappa shape index (κ3) is 5.98. The van der Waals surface area contributed by atoms with E-state index in [9.17, 15) is 4.79 Å². The maximum Gasteiger partial charge on any atom is 0.171 e. The average Bonchev–Trinajstić information content (AvgIpc) is 3.41. The monoisotopic (exact) mass is 593 g/mol. The maximum atomic E-state index is 12.1. The Morgan fingerprint density at radius 3 is 2.06 bits per heavy atom. The van der Waals surface area contributed by atoms with Crippen LogP contribution in [0.15, 0.2) is 122 Å². The summed E-state index contributed by atoms with van der Waals surface area (Å²) in [5.41, 5.74) is 5.42. The van der Waals surface area contributed by atoms with Crippen LogP contribution in [0, 0.1) is 6.07 Å². The fourth-order valence-corrected chi connectivity index (χ4v) is 3.10. The van der Waals surface area contributed by atoms with Crippen LogP contribution in [0.25, 0.3) is 22.4 Å². The summed E-state index contributed by atoms with van der Waals surface area (Å²) in [5.74, 6) is -0.0374. The van der Waals surface area contributed by atoms with Crippen LogP contribution in [0.5, 0.6) is 0 Å². The van der Waals surface area contributed by atoms with Crippen LogP contribution in [-0.4, -0.2) is 10.8 Å². The number of pyridine rings is 1. The molecule has 5 rings (SSSR count). The number of rotatable bonds is 4. The fourth-order valence-electron chi connectivity index (χ4n) is 3.10. The number of aromatic nitrogens is 2. The molecule has 4 heteroatoms. The van der Waals surface area contributed by atoms with Crippen molar-refractivity contribution in [3.8, 4) is 22.4 Å². The molecule has 159 valence electrons. The van der Waals surface area contributed by atoms with Crippen LogP contribution in [0.2, 0.25) is 0 Å². The number of hydrogen-bond acceptors (Lipinski definition) is 2. The van der Waals surface area contributed by atoms with E-state index >= 15 is 0 Å². The molecule has 3 nitrogen and oxygen atoms in total. The second-order valence-corrected chi connectivity index (χ2v) is 6.79. The zero-order valence-electron chi connectivity index (χ0n) is 17.2. The molecular weight excluding hydrogens is 573 g/mol. The Balaban J connectivity index is 0.000000193. The molecule has 0 atom stereocenters. The predicted octanol–water partition coefficient (Wildman–Crippen LogP) is 6.09. The summed E-state index contributed by atoms with van der Waals surface area (Å²) in [6.07, 6.45) is 3.42. The number of ketones is 1. The molecule has 0 spiro atoms. The van der Waals surface area contributed by atoms with Crippen molar-refractivity contribution in [2.75, 3.05) is 0 Å². The first-order valence-corrected chi connectivity index (χ1v) is 9.97. The molecule has 0 aliphatic carbocycles. The molecule has 0 aliphatic rings. The normalized spacial score (nSPS) is 9.75. The molecule has 3 aromatic carbocycles. The second-order valence-electron chi connectivity index (χ2n) is 6.79. The van der Waals surface area contributed by atoms with E-state index in [0.717, 1.165) is 22.4 Å². The van der Waals surface area contributed by atoms with Crippen LogP contribution >= 0.6 is 0 Å². The zero-order valence-corrected chi connectivity index (χ0v) is 19.6. The van der Waals surface area contributed by atoms with Crippen molar-refractivity contribution >= 4 is 5.78 Å². The van der Waals surface area contributed by atoms with Gasteiger partial charge in [-0.25, -0.2) is 0 Å². The minimum Gasteiger partial charge on any atom is -0.661 e. The second kappa shape index (κ2) is 11.7. The van der Waals surface area contributed by atoms with Crippen molar-refractivity contribution in [1.29, 1.82) is 0 Å². The van der Waals surface area contributed by atoms with Crippen LogP contribution < -0.4 is 4.98 Å². The van der Waals surface area contributed by atoms with E-state index < -0.39 is 0 Å². The van der Waals surface area contributed by atoms with Crippen molar-refractivity contribution in [3.63, 3.8) is 0 Å². The van der Waals surface area contributed by atoms with Crippen LogP contribution in [0.3, 0.4) is 0 Å². The molecule has 1 radical (unpaired) electrons. The van der Waals surface area contributed by atoms with Crippen LogP contribution in [0.4, 0.5) is 0 Å². The minimum atomic E-state index is -0.0374. The van der Waals surface area contributed by atoms with Crippen LogP contribution in [0.1, 0.15) is 16.1 Å². The van der Waals surface area contributed by atoms with Gasteiger partial charge in [-0.15, -0.1) is 35.9 Å². The molecule has 0 unspecified atom stereocenters. The Morgan fingerprint density at radius 2 is 1.44 bits per heavy atom. The first kappa shape index (κ1) is 23.1. The van der Waals surface area contributed by atoms with Crippen molar-refractivity contribution in [3.05, 3.63) is 139 Å². The Morgan fingerprint density at radius 1 is 0.719 bits per heavy atom. The van der Waals surface area contributed by atoms with Gasteiger partial charge < -0.3 is 9.97 Å². The van der Waals surface area contributed by atoms with Gasteiger partial charge in [0, 0.05) is 31.9 Å². The molecule has 0 fully saturated rings. The smallest absolute Gasteiger partial charge is 0.171 e. The van der Waals surface area contributed by atoms with Crippen molar-refractivity contribution in [2.24, 2.45) is 0 Å². The van der Waals surface area contributed by atoms with Gasteiger partial charge in [0.15, 0.2) is 5.78 Å². The average molecular weight is 593 g/mol. The van der Waals surface area contributed by atoms with Gasteiger partial charge in [0.25, 0.3) is 0 Å². The first-order chi connectivity index (χ1) is 15.3. The number of benzene rings is 3. The van der Waals surface area contributed by atoms with Gasteiger partial charge in [-0.3, -0.25) is 4.79 Å². The zero-order chi connectivity index (χ0) is 21.3. The minimum absolute atomic E-state index is 0. The number of hydrogen-bond donors (Lipinski definition) is 0. The van der Waals surface area contributed by atoms with Gasteiger partial charge in [0.2, 0.25) is 0 Å². The molecule has 5 aromatic rings. The third-order valence-electron chi connectivity index (χ3n) is 4.69. The standard InChI is InChI=1S/C17H13NO.C11H8N.Ir/c19-17(16-7-4-12-18-16)15-10-8-14(9-11-15)13-5-2-1-3-6-13;1-2-6-10(7-3-1)11-8-4-5-9-12-11;/h1-12H,(H,18,19);1-6,8-9H;/q;-1;/p-1. The SMILES string of the molecule is O=C(c1ccc(-c2ccccc2)cc1)c1ccc[n-]1.[Ir].[c-]1ccccc1-c1ccccn1. The van der Waals surface area contributed by atoms with Crippen molar-refractivity contribution in [1.82, 2.24) is 9.97 Å². The Hall–Kier alpha value is -3.59. The molecular formula is C28H20IrN2O-2. The topological polar surface area (TPSA) is 44.1 Å². The molecule has 0 amide bonds. The van der Waals surface area contributed by atoms with Gasteiger partial charge in [-0.05, 0) is 22.9 Å². The Kier molecular flexibility index (Phi) is 8.44. The van der Waals surface area contributed by atoms with E-state index in [-0.39, 0.29) is 25.9 Å². The summed E-state index contributed by atoms with van der Waals surface area (Å²) in [4.78, 5) is 20.3. The van der Waals surface area contributed by atoms with Gasteiger partial charge in [0.1, 0.15) is 0 Å². The molecule has 32 heavy (non-hydrogen) atoms. The summed E-state index contributed by atoms with van der Waals surface area (Å²) < 4.78 is 0. The van der Waals surface area contributed by atoms with E-state index in [2.05, 4.69) is 28.2 Å².